The highest BCUT2D eigenvalue weighted by Gasteiger charge is 2.34. The standard InChI is InChI=1S/C12H20N4O2/c1-7(2)10-11(16(17)18)12(15(4)14-10)13-6-9-5-8(9)3/h7-9,13H,5-6H2,1-4H3. The fourth-order valence-electron chi connectivity index (χ4n) is 2.21. The van der Waals surface area contributed by atoms with E-state index >= 15 is 0 Å². The first-order valence-corrected chi connectivity index (χ1v) is 6.37. The van der Waals surface area contributed by atoms with E-state index in [2.05, 4.69) is 17.3 Å². The lowest BCUT2D eigenvalue weighted by Gasteiger charge is -2.05. The van der Waals surface area contributed by atoms with Gasteiger partial charge in [0.25, 0.3) is 0 Å². The van der Waals surface area contributed by atoms with Crippen molar-refractivity contribution in [3.05, 3.63) is 15.8 Å². The normalized spacial score (nSPS) is 22.3. The molecule has 1 aliphatic carbocycles. The number of hydrogen-bond acceptors (Lipinski definition) is 4. The van der Waals surface area contributed by atoms with Crippen LogP contribution in [0, 0.1) is 22.0 Å². The summed E-state index contributed by atoms with van der Waals surface area (Å²) in [5.74, 6) is 1.95. The van der Waals surface area contributed by atoms with Gasteiger partial charge in [-0.25, -0.2) is 4.68 Å². The highest BCUT2D eigenvalue weighted by atomic mass is 16.6. The number of nitrogens with one attached hydrogen (secondary N) is 1. The Balaban J connectivity index is 2.24. The maximum Gasteiger partial charge on any atom is 0.334 e. The second-order valence-electron chi connectivity index (χ2n) is 5.47. The Hall–Kier alpha value is -1.59. The van der Waals surface area contributed by atoms with Crippen LogP contribution in [0.25, 0.3) is 0 Å². The second-order valence-corrected chi connectivity index (χ2v) is 5.47. The van der Waals surface area contributed by atoms with Crippen LogP contribution < -0.4 is 5.32 Å². The zero-order chi connectivity index (χ0) is 13.4. The maximum absolute atomic E-state index is 11.2. The van der Waals surface area contributed by atoms with Crippen molar-refractivity contribution < 1.29 is 4.92 Å². The predicted octanol–water partition coefficient (Wildman–Crippen LogP) is 2.52. The summed E-state index contributed by atoms with van der Waals surface area (Å²) in [6, 6.07) is 0. The molecule has 0 aromatic carbocycles. The highest BCUT2D eigenvalue weighted by Crippen LogP contribution is 2.39. The van der Waals surface area contributed by atoms with Gasteiger partial charge in [0.15, 0.2) is 0 Å². The first kappa shape index (κ1) is 12.9. The molecule has 0 aliphatic heterocycles. The van der Waals surface area contributed by atoms with Crippen molar-refractivity contribution in [2.45, 2.75) is 33.1 Å². The molecular formula is C12H20N4O2. The molecule has 6 heteroatoms. The van der Waals surface area contributed by atoms with Gasteiger partial charge in [0.05, 0.1) is 4.92 Å². The van der Waals surface area contributed by atoms with Gasteiger partial charge < -0.3 is 5.32 Å². The number of nitrogens with zero attached hydrogens (tertiary/aromatic N) is 3. The zero-order valence-corrected chi connectivity index (χ0v) is 11.3. The van der Waals surface area contributed by atoms with Gasteiger partial charge >= 0.3 is 5.69 Å². The first-order valence-electron chi connectivity index (χ1n) is 6.37. The quantitative estimate of drug-likeness (QED) is 0.645. The lowest BCUT2D eigenvalue weighted by atomic mass is 10.1. The third-order valence-electron chi connectivity index (χ3n) is 3.59. The summed E-state index contributed by atoms with van der Waals surface area (Å²) in [5.41, 5.74) is 0.676. The fraction of sp³-hybridized carbons (Fsp3) is 0.750. The lowest BCUT2D eigenvalue weighted by molar-refractivity contribution is -0.384. The van der Waals surface area contributed by atoms with E-state index < -0.39 is 0 Å². The van der Waals surface area contributed by atoms with Crippen LogP contribution >= 0.6 is 0 Å². The molecule has 0 bridgehead atoms. The van der Waals surface area contributed by atoms with E-state index in [1.165, 1.54) is 6.42 Å². The van der Waals surface area contributed by atoms with E-state index in [0.717, 1.165) is 12.5 Å². The number of rotatable bonds is 5. The smallest absolute Gasteiger partial charge is 0.334 e. The summed E-state index contributed by atoms with van der Waals surface area (Å²) in [7, 11) is 1.75. The van der Waals surface area contributed by atoms with Crippen molar-refractivity contribution in [1.29, 1.82) is 0 Å². The largest absolute Gasteiger partial charge is 0.364 e. The van der Waals surface area contributed by atoms with E-state index in [0.29, 0.717) is 17.4 Å². The zero-order valence-electron chi connectivity index (χ0n) is 11.3. The first-order chi connectivity index (χ1) is 8.41. The lowest BCUT2D eigenvalue weighted by Crippen LogP contribution is -2.09. The molecule has 1 saturated carbocycles. The molecule has 1 heterocycles. The number of aryl methyl sites for hydroxylation is 1. The van der Waals surface area contributed by atoms with Crippen LogP contribution in [0.4, 0.5) is 11.5 Å². The SMILES string of the molecule is CC(C)c1nn(C)c(NCC2CC2C)c1[N+](=O)[O-]. The molecule has 1 aromatic rings. The van der Waals surface area contributed by atoms with Crippen LogP contribution in [0.2, 0.25) is 0 Å². The topological polar surface area (TPSA) is 73.0 Å². The maximum atomic E-state index is 11.2. The van der Waals surface area contributed by atoms with Gasteiger partial charge in [-0.1, -0.05) is 20.8 Å². The molecule has 1 aliphatic rings. The van der Waals surface area contributed by atoms with Crippen LogP contribution in [0.5, 0.6) is 0 Å². The van der Waals surface area contributed by atoms with Crippen molar-refractivity contribution in [2.75, 3.05) is 11.9 Å². The van der Waals surface area contributed by atoms with Crippen molar-refractivity contribution in [1.82, 2.24) is 9.78 Å². The minimum absolute atomic E-state index is 0.0481. The monoisotopic (exact) mass is 252 g/mol. The fourth-order valence-corrected chi connectivity index (χ4v) is 2.21. The number of nitro groups is 1. The Labute approximate surface area is 107 Å². The Kier molecular flexibility index (Phi) is 3.28. The van der Waals surface area contributed by atoms with Crippen LogP contribution in [0.1, 0.15) is 38.8 Å². The minimum Gasteiger partial charge on any atom is -0.364 e. The van der Waals surface area contributed by atoms with Crippen LogP contribution in [-0.2, 0) is 7.05 Å². The Bertz CT molecular complexity index is 467. The molecule has 0 amide bonds. The molecule has 6 nitrogen and oxygen atoms in total. The molecule has 0 radical (unpaired) electrons. The number of aromatic nitrogens is 2. The van der Waals surface area contributed by atoms with Gasteiger partial charge in [0, 0.05) is 19.5 Å². The minimum atomic E-state index is -0.332. The highest BCUT2D eigenvalue weighted by molar-refractivity contribution is 5.60. The van der Waals surface area contributed by atoms with Crippen molar-refractivity contribution in [3.8, 4) is 0 Å². The van der Waals surface area contributed by atoms with Crippen LogP contribution in [0.15, 0.2) is 0 Å². The van der Waals surface area contributed by atoms with Gasteiger partial charge in [0.2, 0.25) is 5.82 Å². The van der Waals surface area contributed by atoms with Crippen molar-refractivity contribution in [3.63, 3.8) is 0 Å². The van der Waals surface area contributed by atoms with Gasteiger partial charge in [-0.15, -0.1) is 0 Å². The van der Waals surface area contributed by atoms with Crippen molar-refractivity contribution in [2.24, 2.45) is 18.9 Å². The van der Waals surface area contributed by atoms with Gasteiger partial charge in [-0.05, 0) is 18.3 Å². The summed E-state index contributed by atoms with van der Waals surface area (Å²) in [4.78, 5) is 10.9. The average Bonchev–Trinajstić information content (AvgIpc) is 2.85. The summed E-state index contributed by atoms with van der Waals surface area (Å²) < 4.78 is 1.58. The third-order valence-corrected chi connectivity index (χ3v) is 3.59. The van der Waals surface area contributed by atoms with Gasteiger partial charge in [-0.2, -0.15) is 5.10 Å². The van der Waals surface area contributed by atoms with E-state index in [-0.39, 0.29) is 16.5 Å². The predicted molar refractivity (Wildman–Crippen MR) is 69.7 cm³/mol. The molecule has 1 N–H and O–H groups in total. The van der Waals surface area contributed by atoms with Crippen molar-refractivity contribution >= 4 is 11.5 Å². The van der Waals surface area contributed by atoms with Gasteiger partial charge in [-0.3, -0.25) is 10.1 Å². The van der Waals surface area contributed by atoms with E-state index in [4.69, 9.17) is 0 Å². The average molecular weight is 252 g/mol. The molecule has 2 atom stereocenters. The number of hydrogen-bond donors (Lipinski definition) is 1. The van der Waals surface area contributed by atoms with Crippen LogP contribution in [-0.4, -0.2) is 21.2 Å². The molecular weight excluding hydrogens is 232 g/mol. The molecule has 0 saturated heterocycles. The Morgan fingerprint density at radius 1 is 1.61 bits per heavy atom. The molecule has 2 rings (SSSR count). The second kappa shape index (κ2) is 4.59. The summed E-state index contributed by atoms with van der Waals surface area (Å²) >= 11 is 0. The summed E-state index contributed by atoms with van der Waals surface area (Å²) in [6.45, 7) is 6.83. The Morgan fingerprint density at radius 2 is 2.22 bits per heavy atom. The summed E-state index contributed by atoms with van der Waals surface area (Å²) in [6.07, 6.45) is 1.20. The van der Waals surface area contributed by atoms with Crippen LogP contribution in [0.3, 0.4) is 0 Å². The molecule has 0 spiro atoms. The molecule has 100 valence electrons. The van der Waals surface area contributed by atoms with E-state index in [1.807, 2.05) is 13.8 Å². The van der Waals surface area contributed by atoms with Gasteiger partial charge in [0.1, 0.15) is 5.69 Å². The molecule has 1 aromatic heterocycles. The summed E-state index contributed by atoms with van der Waals surface area (Å²) in [5, 5.41) is 18.6. The molecule has 2 unspecified atom stereocenters. The Morgan fingerprint density at radius 3 is 2.67 bits per heavy atom. The van der Waals surface area contributed by atoms with E-state index in [9.17, 15) is 10.1 Å². The number of anilines is 1. The molecule has 18 heavy (non-hydrogen) atoms. The molecule has 1 fully saturated rings. The third kappa shape index (κ3) is 2.32. The van der Waals surface area contributed by atoms with E-state index in [1.54, 1.807) is 11.7 Å².